The lowest BCUT2D eigenvalue weighted by Crippen LogP contribution is -2.30. The maximum Gasteiger partial charge on any atom is 0.119 e. The van der Waals surface area contributed by atoms with Crippen LogP contribution in [0.15, 0.2) is 84.9 Å². The molecule has 0 unspecified atom stereocenters. The first-order valence-corrected chi connectivity index (χ1v) is 7.30. The standard InChI is InChI=1S/C20H18O2/c21-19-13-11-18(12-14-19)20(22,17-9-5-2-6-10-17)15-16-7-3-1-4-8-16/h1-14,21-22H,15H2/t20-/m1/s1. The quantitative estimate of drug-likeness (QED) is 0.765. The van der Waals surface area contributed by atoms with E-state index in [-0.39, 0.29) is 5.75 Å². The highest BCUT2D eigenvalue weighted by atomic mass is 16.3. The third kappa shape index (κ3) is 2.87. The molecule has 2 heteroatoms. The van der Waals surface area contributed by atoms with Crippen molar-refractivity contribution in [2.45, 2.75) is 12.0 Å². The van der Waals surface area contributed by atoms with Gasteiger partial charge in [-0.05, 0) is 28.8 Å². The molecule has 0 heterocycles. The molecule has 0 saturated heterocycles. The van der Waals surface area contributed by atoms with E-state index in [1.54, 1.807) is 24.3 Å². The summed E-state index contributed by atoms with van der Waals surface area (Å²) in [5.41, 5.74) is 1.53. The third-order valence-corrected chi connectivity index (χ3v) is 3.90. The number of aliphatic hydroxyl groups is 1. The Labute approximate surface area is 130 Å². The predicted molar refractivity (Wildman–Crippen MR) is 87.7 cm³/mol. The van der Waals surface area contributed by atoms with Gasteiger partial charge in [0.1, 0.15) is 11.4 Å². The summed E-state index contributed by atoms with van der Waals surface area (Å²) in [5, 5.41) is 20.9. The minimum atomic E-state index is -1.13. The molecule has 3 aromatic carbocycles. The van der Waals surface area contributed by atoms with Gasteiger partial charge in [0.2, 0.25) is 0 Å². The lowest BCUT2D eigenvalue weighted by atomic mass is 9.81. The lowest BCUT2D eigenvalue weighted by Gasteiger charge is -2.29. The molecule has 0 aliphatic carbocycles. The Morgan fingerprint density at radius 1 is 0.636 bits per heavy atom. The molecule has 110 valence electrons. The fourth-order valence-corrected chi connectivity index (χ4v) is 2.71. The Morgan fingerprint density at radius 2 is 1.14 bits per heavy atom. The van der Waals surface area contributed by atoms with Gasteiger partial charge in [-0.3, -0.25) is 0 Å². The van der Waals surface area contributed by atoms with Crippen LogP contribution in [-0.4, -0.2) is 10.2 Å². The summed E-state index contributed by atoms with van der Waals surface area (Å²) in [5.74, 6) is 0.193. The second kappa shape index (κ2) is 6.04. The SMILES string of the molecule is Oc1ccc([C@@](O)(Cc2ccccc2)c2ccccc2)cc1. The van der Waals surface area contributed by atoms with Crippen molar-refractivity contribution in [3.63, 3.8) is 0 Å². The van der Waals surface area contributed by atoms with Crippen LogP contribution < -0.4 is 0 Å². The second-order valence-electron chi connectivity index (χ2n) is 5.44. The zero-order valence-corrected chi connectivity index (χ0v) is 12.2. The normalized spacial score (nSPS) is 13.5. The average molecular weight is 290 g/mol. The molecule has 3 rings (SSSR count). The molecule has 0 saturated carbocycles. The molecule has 2 nitrogen and oxygen atoms in total. The molecule has 0 aromatic heterocycles. The van der Waals surface area contributed by atoms with Crippen molar-refractivity contribution >= 4 is 0 Å². The first-order valence-electron chi connectivity index (χ1n) is 7.30. The van der Waals surface area contributed by atoms with Crippen molar-refractivity contribution in [1.29, 1.82) is 0 Å². The second-order valence-corrected chi connectivity index (χ2v) is 5.44. The molecule has 0 bridgehead atoms. The van der Waals surface area contributed by atoms with Crippen molar-refractivity contribution in [2.75, 3.05) is 0 Å². The van der Waals surface area contributed by atoms with E-state index in [9.17, 15) is 10.2 Å². The fraction of sp³-hybridized carbons (Fsp3) is 0.100. The highest BCUT2D eigenvalue weighted by Gasteiger charge is 2.31. The molecule has 3 aromatic rings. The van der Waals surface area contributed by atoms with Crippen LogP contribution in [0.1, 0.15) is 16.7 Å². The van der Waals surface area contributed by atoms with Gasteiger partial charge >= 0.3 is 0 Å². The lowest BCUT2D eigenvalue weighted by molar-refractivity contribution is 0.0811. The maximum atomic E-state index is 11.4. The van der Waals surface area contributed by atoms with Gasteiger partial charge in [-0.2, -0.15) is 0 Å². The van der Waals surface area contributed by atoms with E-state index in [2.05, 4.69) is 0 Å². The van der Waals surface area contributed by atoms with E-state index in [0.717, 1.165) is 16.7 Å². The molecule has 0 spiro atoms. The molecule has 0 fully saturated rings. The molecule has 1 atom stereocenters. The van der Waals surface area contributed by atoms with Gasteiger partial charge in [0.05, 0.1) is 0 Å². The predicted octanol–water partition coefficient (Wildman–Crippen LogP) is 3.87. The van der Waals surface area contributed by atoms with Gasteiger partial charge < -0.3 is 10.2 Å². The largest absolute Gasteiger partial charge is 0.508 e. The van der Waals surface area contributed by atoms with Crippen LogP contribution in [0.3, 0.4) is 0 Å². The van der Waals surface area contributed by atoms with E-state index in [1.807, 2.05) is 60.7 Å². The van der Waals surface area contributed by atoms with Crippen LogP contribution in [0.2, 0.25) is 0 Å². The number of hydrogen-bond donors (Lipinski definition) is 2. The number of phenolic OH excluding ortho intramolecular Hbond substituents is 1. The molecule has 0 aliphatic heterocycles. The zero-order valence-electron chi connectivity index (χ0n) is 12.2. The minimum absolute atomic E-state index is 0.193. The number of benzene rings is 3. The first-order chi connectivity index (χ1) is 10.7. The molecule has 0 radical (unpaired) electrons. The molecule has 2 N–H and O–H groups in total. The van der Waals surface area contributed by atoms with E-state index < -0.39 is 5.60 Å². The summed E-state index contributed by atoms with van der Waals surface area (Å²) in [4.78, 5) is 0. The molecular formula is C20H18O2. The first kappa shape index (κ1) is 14.4. The summed E-state index contributed by atoms with van der Waals surface area (Å²) in [6.45, 7) is 0. The Bertz CT molecular complexity index is 721. The van der Waals surface area contributed by atoms with E-state index in [4.69, 9.17) is 0 Å². The van der Waals surface area contributed by atoms with Gasteiger partial charge in [-0.1, -0.05) is 72.8 Å². The fourth-order valence-electron chi connectivity index (χ4n) is 2.71. The maximum absolute atomic E-state index is 11.4. The summed E-state index contributed by atoms with van der Waals surface area (Å²) >= 11 is 0. The highest BCUT2D eigenvalue weighted by Crippen LogP contribution is 2.34. The highest BCUT2D eigenvalue weighted by molar-refractivity contribution is 5.40. The van der Waals surface area contributed by atoms with Gasteiger partial charge in [0.15, 0.2) is 0 Å². The summed E-state index contributed by atoms with van der Waals surface area (Å²) < 4.78 is 0. The van der Waals surface area contributed by atoms with Crippen LogP contribution in [0.25, 0.3) is 0 Å². The van der Waals surface area contributed by atoms with Gasteiger partial charge in [-0.25, -0.2) is 0 Å². The van der Waals surface area contributed by atoms with E-state index in [1.165, 1.54) is 0 Å². The zero-order chi connectivity index (χ0) is 15.4. The van der Waals surface area contributed by atoms with Crippen LogP contribution in [0.5, 0.6) is 5.75 Å². The Balaban J connectivity index is 2.07. The van der Waals surface area contributed by atoms with Crippen LogP contribution in [-0.2, 0) is 12.0 Å². The number of aromatic hydroxyl groups is 1. The van der Waals surface area contributed by atoms with Crippen LogP contribution >= 0.6 is 0 Å². The van der Waals surface area contributed by atoms with Crippen molar-refractivity contribution in [3.8, 4) is 5.75 Å². The van der Waals surface area contributed by atoms with Crippen LogP contribution in [0, 0.1) is 0 Å². The Hall–Kier alpha value is -2.58. The molecule has 22 heavy (non-hydrogen) atoms. The van der Waals surface area contributed by atoms with Crippen molar-refractivity contribution in [1.82, 2.24) is 0 Å². The number of phenols is 1. The van der Waals surface area contributed by atoms with Gasteiger partial charge in [0.25, 0.3) is 0 Å². The van der Waals surface area contributed by atoms with Crippen molar-refractivity contribution < 1.29 is 10.2 Å². The monoisotopic (exact) mass is 290 g/mol. The smallest absolute Gasteiger partial charge is 0.119 e. The van der Waals surface area contributed by atoms with E-state index in [0.29, 0.717) is 6.42 Å². The molecule has 0 amide bonds. The number of rotatable bonds is 4. The Morgan fingerprint density at radius 3 is 1.73 bits per heavy atom. The molecular weight excluding hydrogens is 272 g/mol. The molecule has 0 aliphatic rings. The topological polar surface area (TPSA) is 40.5 Å². The summed E-state index contributed by atoms with van der Waals surface area (Å²) in [6, 6.07) is 26.3. The number of hydrogen-bond acceptors (Lipinski definition) is 2. The average Bonchev–Trinajstić information content (AvgIpc) is 2.57. The Kier molecular flexibility index (Phi) is 3.94. The van der Waals surface area contributed by atoms with Crippen LogP contribution in [0.4, 0.5) is 0 Å². The van der Waals surface area contributed by atoms with E-state index >= 15 is 0 Å². The summed E-state index contributed by atoms with van der Waals surface area (Å²) in [7, 11) is 0. The van der Waals surface area contributed by atoms with Crippen molar-refractivity contribution in [2.24, 2.45) is 0 Å². The minimum Gasteiger partial charge on any atom is -0.508 e. The summed E-state index contributed by atoms with van der Waals surface area (Å²) in [6.07, 6.45) is 0.475. The third-order valence-electron chi connectivity index (χ3n) is 3.90. The van der Waals surface area contributed by atoms with Gasteiger partial charge in [-0.15, -0.1) is 0 Å². The van der Waals surface area contributed by atoms with Gasteiger partial charge in [0, 0.05) is 6.42 Å². The van der Waals surface area contributed by atoms with Crippen molar-refractivity contribution in [3.05, 3.63) is 102 Å².